The van der Waals surface area contributed by atoms with Gasteiger partial charge in [-0.2, -0.15) is 0 Å². The number of benzene rings is 1. The Morgan fingerprint density at radius 2 is 2.32 bits per heavy atom. The first-order chi connectivity index (χ1) is 10.7. The van der Waals surface area contributed by atoms with Crippen LogP contribution in [0.3, 0.4) is 0 Å². The molecule has 4 rings (SSSR count). The number of fused-ring (bicyclic) bond motifs is 2. The molecule has 1 N–H and O–H groups in total. The molecule has 2 aliphatic rings. The van der Waals surface area contributed by atoms with Crippen molar-refractivity contribution in [2.45, 2.75) is 19.0 Å². The zero-order valence-corrected chi connectivity index (χ0v) is 12.5. The molecule has 0 saturated carbocycles. The van der Waals surface area contributed by atoms with E-state index < -0.39 is 0 Å². The predicted octanol–water partition coefficient (Wildman–Crippen LogP) is 1.59. The van der Waals surface area contributed by atoms with E-state index in [1.165, 1.54) is 0 Å². The molecule has 2 aliphatic heterocycles. The number of aromatic nitrogens is 2. The molecule has 0 saturated heterocycles. The highest BCUT2D eigenvalue weighted by atomic mass is 16.5. The lowest BCUT2D eigenvalue weighted by atomic mass is 10.1. The third kappa shape index (κ3) is 2.11. The predicted molar refractivity (Wildman–Crippen MR) is 82.3 cm³/mol. The van der Waals surface area contributed by atoms with Crippen LogP contribution in [0, 0.1) is 0 Å². The molecule has 2 aromatic rings. The van der Waals surface area contributed by atoms with Crippen molar-refractivity contribution in [1.29, 1.82) is 0 Å². The molecule has 22 heavy (non-hydrogen) atoms. The minimum absolute atomic E-state index is 0.0417. The van der Waals surface area contributed by atoms with Gasteiger partial charge in [0, 0.05) is 19.2 Å². The fourth-order valence-electron chi connectivity index (χ4n) is 3.10. The zero-order valence-electron chi connectivity index (χ0n) is 12.5. The van der Waals surface area contributed by atoms with Crippen molar-refractivity contribution in [2.24, 2.45) is 0 Å². The summed E-state index contributed by atoms with van der Waals surface area (Å²) in [4.78, 5) is 18.8. The van der Waals surface area contributed by atoms with E-state index >= 15 is 0 Å². The molecule has 0 radical (unpaired) electrons. The molecule has 6 heteroatoms. The van der Waals surface area contributed by atoms with E-state index in [0.29, 0.717) is 12.2 Å². The molecule has 0 spiro atoms. The number of hydrogen-bond donors (Lipinski definition) is 1. The normalized spacial score (nSPS) is 19.3. The van der Waals surface area contributed by atoms with Crippen molar-refractivity contribution in [2.75, 3.05) is 25.1 Å². The molecule has 1 aromatic carbocycles. The molecular weight excluding hydrogens is 280 g/mol. The minimum Gasteiger partial charge on any atom is -0.490 e. The van der Waals surface area contributed by atoms with Crippen molar-refractivity contribution in [3.8, 4) is 5.75 Å². The first-order valence-corrected chi connectivity index (χ1v) is 7.51. The van der Waals surface area contributed by atoms with Gasteiger partial charge >= 0.3 is 0 Å². The lowest BCUT2D eigenvalue weighted by molar-refractivity contribution is 0.0936. The first kappa shape index (κ1) is 13.2. The maximum absolute atomic E-state index is 12.5. The van der Waals surface area contributed by atoms with Crippen molar-refractivity contribution in [3.05, 3.63) is 42.0 Å². The van der Waals surface area contributed by atoms with Gasteiger partial charge in [-0.05, 0) is 24.6 Å². The number of hydrogen-bond acceptors (Lipinski definition) is 4. The number of aryl methyl sites for hydroxylation is 1. The maximum Gasteiger partial charge on any atom is 0.251 e. The largest absolute Gasteiger partial charge is 0.490 e. The van der Waals surface area contributed by atoms with E-state index in [0.717, 1.165) is 36.6 Å². The average Bonchev–Trinajstić information content (AvgIpc) is 3.12. The SMILES string of the molecule is CN1CCOc2ccc(C(=O)NC3CCn4cncc43)cc21. The number of carbonyl (C=O) groups excluding carboxylic acids is 1. The summed E-state index contributed by atoms with van der Waals surface area (Å²) in [5.41, 5.74) is 2.70. The number of imidazole rings is 1. The number of nitrogens with zero attached hydrogens (tertiary/aromatic N) is 3. The number of ether oxygens (including phenoxy) is 1. The van der Waals surface area contributed by atoms with Crippen molar-refractivity contribution < 1.29 is 9.53 Å². The fourth-order valence-corrected chi connectivity index (χ4v) is 3.10. The fraction of sp³-hybridized carbons (Fsp3) is 0.375. The van der Waals surface area contributed by atoms with E-state index in [2.05, 4.69) is 19.8 Å². The van der Waals surface area contributed by atoms with Crippen molar-refractivity contribution >= 4 is 11.6 Å². The molecule has 1 aromatic heterocycles. The monoisotopic (exact) mass is 298 g/mol. The van der Waals surface area contributed by atoms with E-state index in [1.807, 2.05) is 37.8 Å². The quantitative estimate of drug-likeness (QED) is 0.914. The van der Waals surface area contributed by atoms with Gasteiger partial charge in [0.1, 0.15) is 12.4 Å². The molecule has 0 aliphatic carbocycles. The summed E-state index contributed by atoms with van der Waals surface area (Å²) in [5.74, 6) is 0.783. The van der Waals surface area contributed by atoms with Gasteiger partial charge in [0.05, 0.1) is 36.5 Å². The molecule has 0 bridgehead atoms. The third-order valence-electron chi connectivity index (χ3n) is 4.38. The number of anilines is 1. The van der Waals surface area contributed by atoms with Gasteiger partial charge in [-0.15, -0.1) is 0 Å². The van der Waals surface area contributed by atoms with Crippen LogP contribution in [0.4, 0.5) is 5.69 Å². The van der Waals surface area contributed by atoms with Crippen LogP contribution >= 0.6 is 0 Å². The molecular formula is C16H18N4O2. The molecule has 6 nitrogen and oxygen atoms in total. The Morgan fingerprint density at radius 3 is 3.23 bits per heavy atom. The van der Waals surface area contributed by atoms with Crippen LogP contribution in [0.25, 0.3) is 0 Å². The highest BCUT2D eigenvalue weighted by Gasteiger charge is 2.25. The van der Waals surface area contributed by atoms with Gasteiger partial charge in [-0.1, -0.05) is 0 Å². The van der Waals surface area contributed by atoms with Gasteiger partial charge in [0.2, 0.25) is 0 Å². The van der Waals surface area contributed by atoms with Crippen molar-refractivity contribution in [1.82, 2.24) is 14.9 Å². The van der Waals surface area contributed by atoms with Crippen LogP contribution in [-0.2, 0) is 6.54 Å². The summed E-state index contributed by atoms with van der Waals surface area (Å²) in [6, 6.07) is 5.63. The van der Waals surface area contributed by atoms with Gasteiger partial charge in [-0.3, -0.25) is 4.79 Å². The lowest BCUT2D eigenvalue weighted by Gasteiger charge is -2.28. The van der Waals surface area contributed by atoms with Crippen LogP contribution in [0.5, 0.6) is 5.75 Å². The lowest BCUT2D eigenvalue weighted by Crippen LogP contribution is -2.30. The van der Waals surface area contributed by atoms with Gasteiger partial charge in [-0.25, -0.2) is 4.98 Å². The van der Waals surface area contributed by atoms with Gasteiger partial charge in [0.15, 0.2) is 0 Å². The average molecular weight is 298 g/mol. The van der Waals surface area contributed by atoms with Gasteiger partial charge in [0.25, 0.3) is 5.91 Å². The van der Waals surface area contributed by atoms with Crippen LogP contribution in [0.1, 0.15) is 28.5 Å². The minimum atomic E-state index is -0.0542. The summed E-state index contributed by atoms with van der Waals surface area (Å²) in [7, 11) is 2.01. The molecule has 1 amide bonds. The second kappa shape index (κ2) is 5.05. The van der Waals surface area contributed by atoms with Crippen LogP contribution < -0.4 is 15.0 Å². The van der Waals surface area contributed by atoms with E-state index in [4.69, 9.17) is 4.74 Å². The molecule has 1 unspecified atom stereocenters. The van der Waals surface area contributed by atoms with Gasteiger partial charge < -0.3 is 19.5 Å². The van der Waals surface area contributed by atoms with Crippen LogP contribution in [0.2, 0.25) is 0 Å². The molecule has 0 fully saturated rings. The topological polar surface area (TPSA) is 59.4 Å². The highest BCUT2D eigenvalue weighted by Crippen LogP contribution is 2.32. The van der Waals surface area contributed by atoms with E-state index in [1.54, 1.807) is 0 Å². The molecule has 114 valence electrons. The highest BCUT2D eigenvalue weighted by molar-refractivity contribution is 5.96. The number of nitrogens with one attached hydrogen (secondary N) is 1. The molecule has 3 heterocycles. The van der Waals surface area contributed by atoms with Crippen molar-refractivity contribution in [3.63, 3.8) is 0 Å². The Bertz CT molecular complexity index is 725. The first-order valence-electron chi connectivity index (χ1n) is 7.51. The number of carbonyl (C=O) groups is 1. The Hall–Kier alpha value is -2.50. The second-order valence-electron chi connectivity index (χ2n) is 5.78. The summed E-state index contributed by atoms with van der Waals surface area (Å²) >= 11 is 0. The summed E-state index contributed by atoms with van der Waals surface area (Å²) in [5, 5.41) is 3.10. The second-order valence-corrected chi connectivity index (χ2v) is 5.78. The van der Waals surface area contributed by atoms with E-state index in [-0.39, 0.29) is 11.9 Å². The Labute approximate surface area is 128 Å². The summed E-state index contributed by atoms with van der Waals surface area (Å²) in [6.45, 7) is 2.42. The standard InChI is InChI=1S/C16H18N4O2/c1-19-6-7-22-15-3-2-11(8-13(15)19)16(21)18-12-4-5-20-10-17-9-14(12)20/h2-3,8-10,12H,4-7H2,1H3,(H,18,21). The van der Waals surface area contributed by atoms with Crippen LogP contribution in [-0.4, -0.2) is 35.7 Å². The Morgan fingerprint density at radius 1 is 1.41 bits per heavy atom. The maximum atomic E-state index is 12.5. The Kier molecular flexibility index (Phi) is 3.03. The number of rotatable bonds is 2. The smallest absolute Gasteiger partial charge is 0.251 e. The molecule has 1 atom stereocenters. The van der Waals surface area contributed by atoms with E-state index in [9.17, 15) is 4.79 Å². The van der Waals surface area contributed by atoms with Crippen LogP contribution in [0.15, 0.2) is 30.7 Å². The number of amides is 1. The summed E-state index contributed by atoms with van der Waals surface area (Å²) < 4.78 is 7.70. The summed E-state index contributed by atoms with van der Waals surface area (Å²) in [6.07, 6.45) is 4.55. The zero-order chi connectivity index (χ0) is 15.1. The third-order valence-corrected chi connectivity index (χ3v) is 4.38. The Balaban J connectivity index is 1.55. The number of likely N-dealkylation sites (N-methyl/N-ethyl adjacent to an activating group) is 1.